The Balaban J connectivity index is 2.15. The van der Waals surface area contributed by atoms with Crippen LogP contribution in [0.3, 0.4) is 0 Å². The highest BCUT2D eigenvalue weighted by Gasteiger charge is 2.23. The molecule has 0 amide bonds. The molecule has 1 aromatic rings. The molecule has 3 heteroatoms. The highest BCUT2D eigenvalue weighted by atomic mass is 35.5. The number of halogens is 1. The number of nitrogens with zero attached hydrogens (tertiary/aromatic N) is 1. The van der Waals surface area contributed by atoms with Gasteiger partial charge >= 0.3 is 0 Å². The van der Waals surface area contributed by atoms with Crippen LogP contribution < -0.4 is 5.32 Å². The first-order valence-corrected chi connectivity index (χ1v) is 7.40. The monoisotopic (exact) mass is 266 g/mol. The number of rotatable bonds is 5. The van der Waals surface area contributed by atoms with Crippen LogP contribution in [0, 0.1) is 0 Å². The van der Waals surface area contributed by atoms with Crippen molar-refractivity contribution in [2.75, 3.05) is 26.2 Å². The number of hydrogen-bond acceptors (Lipinski definition) is 2. The fourth-order valence-electron chi connectivity index (χ4n) is 2.67. The van der Waals surface area contributed by atoms with Crippen LogP contribution in [0.1, 0.15) is 37.8 Å². The fraction of sp³-hybridized carbons (Fsp3) is 0.600. The molecule has 1 aliphatic heterocycles. The molecular formula is C15H23ClN2. The van der Waals surface area contributed by atoms with Crippen molar-refractivity contribution in [3.63, 3.8) is 0 Å². The Labute approximate surface area is 115 Å². The summed E-state index contributed by atoms with van der Waals surface area (Å²) >= 11 is 6.37. The van der Waals surface area contributed by atoms with E-state index in [2.05, 4.69) is 29.3 Å². The van der Waals surface area contributed by atoms with Gasteiger partial charge in [-0.05, 0) is 18.1 Å². The van der Waals surface area contributed by atoms with Gasteiger partial charge in [0.15, 0.2) is 0 Å². The second kappa shape index (κ2) is 7.13. The Bertz CT molecular complexity index is 361. The van der Waals surface area contributed by atoms with Gasteiger partial charge in [-0.1, -0.05) is 49.6 Å². The molecule has 2 rings (SSSR count). The third-order valence-corrected chi connectivity index (χ3v) is 4.03. The molecular weight excluding hydrogens is 244 g/mol. The molecule has 1 atom stereocenters. The number of benzene rings is 1. The summed E-state index contributed by atoms with van der Waals surface area (Å²) in [6.07, 6.45) is 3.72. The van der Waals surface area contributed by atoms with E-state index in [0.29, 0.717) is 6.04 Å². The fourth-order valence-corrected chi connectivity index (χ4v) is 2.93. The Morgan fingerprint density at radius 2 is 2.00 bits per heavy atom. The van der Waals surface area contributed by atoms with Crippen LogP contribution >= 0.6 is 11.6 Å². The Kier molecular flexibility index (Phi) is 5.48. The van der Waals surface area contributed by atoms with Crippen LogP contribution in [-0.4, -0.2) is 31.1 Å². The summed E-state index contributed by atoms with van der Waals surface area (Å²) in [6, 6.07) is 8.80. The van der Waals surface area contributed by atoms with Gasteiger partial charge in [-0.25, -0.2) is 0 Å². The van der Waals surface area contributed by atoms with E-state index >= 15 is 0 Å². The van der Waals surface area contributed by atoms with E-state index in [1.807, 2.05) is 12.1 Å². The standard InChI is InChI=1S/C15H23ClN2/c1-2-3-8-15(18-11-9-17-10-12-18)13-6-4-5-7-14(13)16/h4-7,15,17H,2-3,8-12H2,1H3/t15-/m0/s1. The average molecular weight is 267 g/mol. The van der Waals surface area contributed by atoms with Crippen molar-refractivity contribution in [2.24, 2.45) is 0 Å². The quantitative estimate of drug-likeness (QED) is 0.878. The van der Waals surface area contributed by atoms with Crippen LogP contribution in [0.4, 0.5) is 0 Å². The van der Waals surface area contributed by atoms with Gasteiger partial charge in [-0.15, -0.1) is 0 Å². The highest BCUT2D eigenvalue weighted by molar-refractivity contribution is 6.31. The minimum atomic E-state index is 0.487. The number of nitrogens with one attached hydrogen (secondary N) is 1. The van der Waals surface area contributed by atoms with Gasteiger partial charge in [0.1, 0.15) is 0 Å². The smallest absolute Gasteiger partial charge is 0.0453 e. The summed E-state index contributed by atoms with van der Waals surface area (Å²) in [5.41, 5.74) is 1.30. The summed E-state index contributed by atoms with van der Waals surface area (Å²) in [5, 5.41) is 4.33. The number of unbranched alkanes of at least 4 members (excludes halogenated alkanes) is 1. The van der Waals surface area contributed by atoms with Gasteiger partial charge in [0.25, 0.3) is 0 Å². The lowest BCUT2D eigenvalue weighted by atomic mass is 9.98. The van der Waals surface area contributed by atoms with Crippen molar-refractivity contribution in [3.05, 3.63) is 34.9 Å². The van der Waals surface area contributed by atoms with Crippen molar-refractivity contribution in [3.8, 4) is 0 Å². The lowest BCUT2D eigenvalue weighted by Gasteiger charge is -2.35. The second-order valence-corrected chi connectivity index (χ2v) is 5.37. The predicted molar refractivity (Wildman–Crippen MR) is 78.2 cm³/mol. The number of hydrogen-bond donors (Lipinski definition) is 1. The molecule has 18 heavy (non-hydrogen) atoms. The molecule has 0 unspecified atom stereocenters. The number of piperazine rings is 1. The molecule has 0 aromatic heterocycles. The van der Waals surface area contributed by atoms with E-state index in [-0.39, 0.29) is 0 Å². The molecule has 1 aliphatic rings. The maximum absolute atomic E-state index is 6.37. The maximum Gasteiger partial charge on any atom is 0.0453 e. The van der Waals surface area contributed by atoms with Crippen LogP contribution in [0.15, 0.2) is 24.3 Å². The van der Waals surface area contributed by atoms with Gasteiger partial charge in [-0.3, -0.25) is 4.90 Å². The van der Waals surface area contributed by atoms with Gasteiger partial charge < -0.3 is 5.32 Å². The van der Waals surface area contributed by atoms with Gasteiger partial charge in [-0.2, -0.15) is 0 Å². The van der Waals surface area contributed by atoms with Crippen molar-refractivity contribution >= 4 is 11.6 Å². The SMILES string of the molecule is CCCC[C@@H](c1ccccc1Cl)N1CCNCC1. The lowest BCUT2D eigenvalue weighted by Crippen LogP contribution is -2.45. The van der Waals surface area contributed by atoms with Crippen molar-refractivity contribution in [1.29, 1.82) is 0 Å². The molecule has 0 radical (unpaired) electrons. The normalized spacial score (nSPS) is 18.8. The van der Waals surface area contributed by atoms with Crippen molar-refractivity contribution in [2.45, 2.75) is 32.2 Å². The van der Waals surface area contributed by atoms with Crippen LogP contribution in [0.25, 0.3) is 0 Å². The second-order valence-electron chi connectivity index (χ2n) is 4.97. The minimum Gasteiger partial charge on any atom is -0.314 e. The Hall–Kier alpha value is -0.570. The largest absolute Gasteiger partial charge is 0.314 e. The average Bonchev–Trinajstić information content (AvgIpc) is 2.42. The highest BCUT2D eigenvalue weighted by Crippen LogP contribution is 2.31. The maximum atomic E-state index is 6.37. The van der Waals surface area contributed by atoms with Crippen LogP contribution in [0.5, 0.6) is 0 Å². The molecule has 1 heterocycles. The lowest BCUT2D eigenvalue weighted by molar-refractivity contribution is 0.163. The molecule has 0 bridgehead atoms. The molecule has 100 valence electrons. The van der Waals surface area contributed by atoms with Gasteiger partial charge in [0.2, 0.25) is 0 Å². The molecule has 1 fully saturated rings. The summed E-state index contributed by atoms with van der Waals surface area (Å²) < 4.78 is 0. The van der Waals surface area contributed by atoms with E-state index in [0.717, 1.165) is 31.2 Å². The van der Waals surface area contributed by atoms with Gasteiger partial charge in [0.05, 0.1) is 0 Å². The van der Waals surface area contributed by atoms with E-state index in [1.54, 1.807) is 0 Å². The third-order valence-electron chi connectivity index (χ3n) is 3.69. The molecule has 2 nitrogen and oxygen atoms in total. The molecule has 1 aromatic carbocycles. The Morgan fingerprint density at radius 3 is 2.67 bits per heavy atom. The zero-order chi connectivity index (χ0) is 12.8. The summed E-state index contributed by atoms with van der Waals surface area (Å²) in [6.45, 7) is 6.68. The summed E-state index contributed by atoms with van der Waals surface area (Å²) in [5.74, 6) is 0. The minimum absolute atomic E-state index is 0.487. The van der Waals surface area contributed by atoms with E-state index in [9.17, 15) is 0 Å². The van der Waals surface area contributed by atoms with Gasteiger partial charge in [0, 0.05) is 37.2 Å². The van der Waals surface area contributed by atoms with E-state index in [4.69, 9.17) is 11.6 Å². The molecule has 0 spiro atoms. The first kappa shape index (κ1) is 13.9. The zero-order valence-corrected chi connectivity index (χ0v) is 11.9. The molecule has 0 saturated carbocycles. The first-order chi connectivity index (χ1) is 8.83. The molecule has 1 saturated heterocycles. The third kappa shape index (κ3) is 3.47. The molecule has 1 N–H and O–H groups in total. The predicted octanol–water partition coefficient (Wildman–Crippen LogP) is 3.48. The summed E-state index contributed by atoms with van der Waals surface area (Å²) in [7, 11) is 0. The van der Waals surface area contributed by atoms with Crippen molar-refractivity contribution in [1.82, 2.24) is 10.2 Å². The zero-order valence-electron chi connectivity index (χ0n) is 11.2. The van der Waals surface area contributed by atoms with Crippen LogP contribution in [-0.2, 0) is 0 Å². The van der Waals surface area contributed by atoms with E-state index in [1.165, 1.54) is 24.8 Å². The Morgan fingerprint density at radius 1 is 1.28 bits per heavy atom. The van der Waals surface area contributed by atoms with E-state index < -0.39 is 0 Å². The first-order valence-electron chi connectivity index (χ1n) is 7.02. The van der Waals surface area contributed by atoms with Crippen molar-refractivity contribution < 1.29 is 0 Å². The van der Waals surface area contributed by atoms with Crippen LogP contribution in [0.2, 0.25) is 5.02 Å². The summed E-state index contributed by atoms with van der Waals surface area (Å²) in [4.78, 5) is 2.58. The topological polar surface area (TPSA) is 15.3 Å². The molecule has 0 aliphatic carbocycles.